The third-order valence-corrected chi connectivity index (χ3v) is 3.02. The highest BCUT2D eigenvalue weighted by atomic mass is 16.3. The van der Waals surface area contributed by atoms with Crippen LogP contribution in [0.1, 0.15) is 40.5 Å². The quantitative estimate of drug-likeness (QED) is 0.741. The molecule has 0 atom stereocenters. The number of hydrogen-bond acceptors (Lipinski definition) is 3. The highest BCUT2D eigenvalue weighted by Gasteiger charge is 2.26. The molecule has 0 radical (unpaired) electrons. The molecule has 1 fully saturated rings. The molecule has 0 aromatic rings. The summed E-state index contributed by atoms with van der Waals surface area (Å²) in [6.45, 7) is 12.7. The maximum Gasteiger partial charge on any atom is 0.0644 e. The zero-order valence-corrected chi connectivity index (χ0v) is 10.6. The minimum absolute atomic E-state index is 0.210. The molecule has 3 nitrogen and oxygen atoms in total. The first kappa shape index (κ1) is 12.9. The van der Waals surface area contributed by atoms with E-state index in [9.17, 15) is 5.11 Å². The Morgan fingerprint density at radius 1 is 1.27 bits per heavy atom. The molecule has 0 aromatic carbocycles. The van der Waals surface area contributed by atoms with E-state index in [1.807, 2.05) is 6.92 Å². The number of nitrogens with zero attached hydrogens (tertiary/aromatic N) is 1. The molecule has 15 heavy (non-hydrogen) atoms. The molecule has 0 unspecified atom stereocenters. The molecule has 1 aliphatic rings. The predicted molar refractivity (Wildman–Crippen MR) is 64.1 cm³/mol. The lowest BCUT2D eigenvalue weighted by Crippen LogP contribution is -2.46. The molecular weight excluding hydrogens is 188 g/mol. The van der Waals surface area contributed by atoms with Crippen LogP contribution in [0, 0.1) is 0 Å². The second kappa shape index (κ2) is 4.81. The fourth-order valence-electron chi connectivity index (χ4n) is 1.85. The van der Waals surface area contributed by atoms with Crippen molar-refractivity contribution in [1.29, 1.82) is 0 Å². The van der Waals surface area contributed by atoms with Gasteiger partial charge in [-0.05, 0) is 40.5 Å². The molecule has 0 aliphatic carbocycles. The van der Waals surface area contributed by atoms with Crippen molar-refractivity contribution in [1.82, 2.24) is 10.2 Å². The number of rotatable bonds is 3. The number of hydrogen-bond donors (Lipinski definition) is 2. The van der Waals surface area contributed by atoms with Gasteiger partial charge in [-0.15, -0.1) is 0 Å². The Labute approximate surface area is 93.9 Å². The summed E-state index contributed by atoms with van der Waals surface area (Å²) in [4.78, 5) is 2.43. The van der Waals surface area contributed by atoms with Gasteiger partial charge >= 0.3 is 0 Å². The summed E-state index contributed by atoms with van der Waals surface area (Å²) in [6.07, 6.45) is 1.81. The molecule has 1 heterocycles. The lowest BCUT2D eigenvalue weighted by molar-refractivity contribution is -0.00519. The summed E-state index contributed by atoms with van der Waals surface area (Å²) < 4.78 is 0. The zero-order chi connectivity index (χ0) is 11.5. The third kappa shape index (κ3) is 5.50. The Hall–Kier alpha value is -0.120. The zero-order valence-electron chi connectivity index (χ0n) is 10.6. The van der Waals surface area contributed by atoms with Crippen molar-refractivity contribution in [3.63, 3.8) is 0 Å². The monoisotopic (exact) mass is 214 g/mol. The van der Waals surface area contributed by atoms with Crippen LogP contribution in [0.5, 0.6) is 0 Å². The van der Waals surface area contributed by atoms with Gasteiger partial charge in [0.1, 0.15) is 0 Å². The first-order chi connectivity index (χ1) is 6.79. The molecule has 1 aliphatic heterocycles. The molecule has 1 saturated heterocycles. The van der Waals surface area contributed by atoms with Crippen molar-refractivity contribution in [2.24, 2.45) is 0 Å². The first-order valence-corrected chi connectivity index (χ1v) is 5.98. The van der Waals surface area contributed by atoms with Crippen LogP contribution < -0.4 is 5.32 Å². The van der Waals surface area contributed by atoms with E-state index in [0.29, 0.717) is 0 Å². The molecule has 3 heteroatoms. The van der Waals surface area contributed by atoms with Crippen molar-refractivity contribution in [3.8, 4) is 0 Å². The van der Waals surface area contributed by atoms with E-state index in [0.717, 1.165) is 39.0 Å². The van der Waals surface area contributed by atoms with Gasteiger partial charge in [-0.25, -0.2) is 0 Å². The van der Waals surface area contributed by atoms with Crippen molar-refractivity contribution >= 4 is 0 Å². The Morgan fingerprint density at radius 3 is 2.27 bits per heavy atom. The fraction of sp³-hybridized carbons (Fsp3) is 1.00. The number of nitrogens with one attached hydrogen (secondary N) is 1. The summed E-state index contributed by atoms with van der Waals surface area (Å²) in [5, 5.41) is 13.3. The van der Waals surface area contributed by atoms with Gasteiger partial charge in [-0.1, -0.05) is 0 Å². The SMILES string of the molecule is CC1(O)CCN(CCNC(C)(C)C)CC1. The molecule has 0 amide bonds. The van der Waals surface area contributed by atoms with Gasteiger partial charge in [0, 0.05) is 31.7 Å². The summed E-state index contributed by atoms with van der Waals surface area (Å²) in [5.74, 6) is 0. The smallest absolute Gasteiger partial charge is 0.0644 e. The second-order valence-corrected chi connectivity index (χ2v) is 6.02. The maximum atomic E-state index is 9.80. The van der Waals surface area contributed by atoms with Crippen molar-refractivity contribution in [2.45, 2.75) is 51.7 Å². The van der Waals surface area contributed by atoms with E-state index >= 15 is 0 Å². The topological polar surface area (TPSA) is 35.5 Å². The summed E-state index contributed by atoms with van der Waals surface area (Å²) in [6, 6.07) is 0. The lowest BCUT2D eigenvalue weighted by Gasteiger charge is -2.36. The summed E-state index contributed by atoms with van der Waals surface area (Å²) in [7, 11) is 0. The number of aliphatic hydroxyl groups is 1. The number of piperidine rings is 1. The van der Waals surface area contributed by atoms with Crippen LogP contribution in [-0.4, -0.2) is 47.3 Å². The molecular formula is C12H26N2O. The lowest BCUT2D eigenvalue weighted by atomic mass is 9.94. The molecule has 0 aromatic heterocycles. The van der Waals surface area contributed by atoms with Crippen molar-refractivity contribution in [3.05, 3.63) is 0 Å². The minimum Gasteiger partial charge on any atom is -0.390 e. The summed E-state index contributed by atoms with van der Waals surface area (Å²) >= 11 is 0. The van der Waals surface area contributed by atoms with Gasteiger partial charge in [0.15, 0.2) is 0 Å². The third-order valence-electron chi connectivity index (χ3n) is 3.02. The van der Waals surface area contributed by atoms with E-state index in [2.05, 4.69) is 31.0 Å². The first-order valence-electron chi connectivity index (χ1n) is 5.98. The largest absolute Gasteiger partial charge is 0.390 e. The molecule has 1 rings (SSSR count). The van der Waals surface area contributed by atoms with Gasteiger partial charge < -0.3 is 15.3 Å². The van der Waals surface area contributed by atoms with Gasteiger partial charge in [-0.2, -0.15) is 0 Å². The number of likely N-dealkylation sites (tertiary alicyclic amines) is 1. The fourth-order valence-corrected chi connectivity index (χ4v) is 1.85. The van der Waals surface area contributed by atoms with Crippen LogP contribution in [0.2, 0.25) is 0 Å². The Balaban J connectivity index is 2.14. The van der Waals surface area contributed by atoms with Crippen LogP contribution in [0.15, 0.2) is 0 Å². The van der Waals surface area contributed by atoms with Gasteiger partial charge in [0.25, 0.3) is 0 Å². The van der Waals surface area contributed by atoms with Crippen LogP contribution in [0.4, 0.5) is 0 Å². The molecule has 2 N–H and O–H groups in total. The normalized spacial score (nSPS) is 23.0. The van der Waals surface area contributed by atoms with Gasteiger partial charge in [-0.3, -0.25) is 0 Å². The van der Waals surface area contributed by atoms with Gasteiger partial charge in [0.2, 0.25) is 0 Å². The average molecular weight is 214 g/mol. The average Bonchev–Trinajstić information content (AvgIpc) is 2.06. The van der Waals surface area contributed by atoms with Gasteiger partial charge in [0.05, 0.1) is 5.60 Å². The van der Waals surface area contributed by atoms with E-state index in [-0.39, 0.29) is 5.54 Å². The Kier molecular flexibility index (Phi) is 4.15. The van der Waals surface area contributed by atoms with Crippen molar-refractivity contribution < 1.29 is 5.11 Å². The van der Waals surface area contributed by atoms with E-state index in [1.165, 1.54) is 0 Å². The second-order valence-electron chi connectivity index (χ2n) is 6.02. The summed E-state index contributed by atoms with van der Waals surface area (Å²) in [5.41, 5.74) is -0.213. The molecule has 0 bridgehead atoms. The minimum atomic E-state index is -0.423. The van der Waals surface area contributed by atoms with Crippen molar-refractivity contribution in [2.75, 3.05) is 26.2 Å². The van der Waals surface area contributed by atoms with E-state index < -0.39 is 5.60 Å². The molecule has 0 spiro atoms. The van der Waals surface area contributed by atoms with E-state index in [4.69, 9.17) is 0 Å². The van der Waals surface area contributed by atoms with Crippen LogP contribution >= 0.6 is 0 Å². The maximum absolute atomic E-state index is 9.80. The Morgan fingerprint density at radius 2 is 1.80 bits per heavy atom. The Bertz CT molecular complexity index is 186. The highest BCUT2D eigenvalue weighted by molar-refractivity contribution is 4.82. The van der Waals surface area contributed by atoms with E-state index in [1.54, 1.807) is 0 Å². The van der Waals surface area contributed by atoms with Crippen LogP contribution in [0.3, 0.4) is 0 Å². The standard InChI is InChI=1S/C12H26N2O/c1-11(2,3)13-7-10-14-8-5-12(4,15)6-9-14/h13,15H,5-10H2,1-4H3. The van der Waals surface area contributed by atoms with Crippen LogP contribution in [-0.2, 0) is 0 Å². The molecule has 90 valence electrons. The molecule has 0 saturated carbocycles. The highest BCUT2D eigenvalue weighted by Crippen LogP contribution is 2.20. The van der Waals surface area contributed by atoms with Crippen LogP contribution in [0.25, 0.3) is 0 Å². The predicted octanol–water partition coefficient (Wildman–Crippen LogP) is 1.22.